The zero-order valence-corrected chi connectivity index (χ0v) is 33.9. The third-order valence-electron chi connectivity index (χ3n) is 13.5. The van der Waals surface area contributed by atoms with E-state index in [0.29, 0.717) is 0 Å². The molecule has 0 bridgehead atoms. The molecule has 60 heavy (non-hydrogen) atoms. The van der Waals surface area contributed by atoms with Crippen molar-refractivity contribution < 1.29 is 0 Å². The van der Waals surface area contributed by atoms with Crippen molar-refractivity contribution in [3.05, 3.63) is 216 Å². The lowest BCUT2D eigenvalue weighted by atomic mass is 9.81. The monoisotopic (exact) mass is 765 g/mol. The second-order valence-corrected chi connectivity index (χ2v) is 17.2. The van der Waals surface area contributed by atoms with Crippen molar-refractivity contribution in [1.29, 1.82) is 0 Å². The first kappa shape index (κ1) is 34.8. The molecule has 0 heterocycles. The van der Waals surface area contributed by atoms with Gasteiger partial charge in [-0.3, -0.25) is 0 Å². The molecule has 1 heteroatoms. The second-order valence-electron chi connectivity index (χ2n) is 17.2. The highest BCUT2D eigenvalue weighted by molar-refractivity contribution is 6.25. The molecular weight excluding hydrogens is 723 g/mol. The lowest BCUT2D eigenvalue weighted by Crippen LogP contribution is -2.37. The molecule has 0 saturated carbocycles. The second kappa shape index (κ2) is 13.4. The van der Waals surface area contributed by atoms with Gasteiger partial charge >= 0.3 is 0 Å². The molecule has 0 aliphatic heterocycles. The maximum Gasteiger partial charge on any atom is 0.0566 e. The van der Waals surface area contributed by atoms with Crippen LogP contribution in [0.25, 0.3) is 88.6 Å². The summed E-state index contributed by atoms with van der Waals surface area (Å²) in [5.74, 6) is 0. The topological polar surface area (TPSA) is 3.24 Å². The van der Waals surface area contributed by atoms with Crippen molar-refractivity contribution in [2.75, 3.05) is 4.90 Å². The van der Waals surface area contributed by atoms with Crippen LogP contribution in [0.5, 0.6) is 0 Å². The predicted octanol–water partition coefficient (Wildman–Crippen LogP) is 14.1. The molecule has 12 rings (SSSR count). The van der Waals surface area contributed by atoms with E-state index in [0.717, 1.165) is 6.42 Å². The van der Waals surface area contributed by atoms with Crippen LogP contribution in [0, 0.1) is 0 Å². The third kappa shape index (κ3) is 5.39. The van der Waals surface area contributed by atoms with Crippen LogP contribution < -0.4 is 15.3 Å². The van der Waals surface area contributed by atoms with E-state index in [4.69, 9.17) is 0 Å². The summed E-state index contributed by atoms with van der Waals surface area (Å²) in [5.41, 5.74) is 12.7. The minimum Gasteiger partial charge on any atom is -0.334 e. The van der Waals surface area contributed by atoms with Gasteiger partial charge < -0.3 is 4.90 Å². The fourth-order valence-electron chi connectivity index (χ4n) is 10.5. The van der Waals surface area contributed by atoms with E-state index in [1.54, 1.807) is 0 Å². The van der Waals surface area contributed by atoms with Crippen LogP contribution in [-0.4, -0.2) is 6.04 Å². The van der Waals surface area contributed by atoms with Crippen molar-refractivity contribution in [3.63, 3.8) is 0 Å². The molecule has 10 aromatic carbocycles. The maximum absolute atomic E-state index is 2.57. The van der Waals surface area contributed by atoms with Crippen LogP contribution in [0.15, 0.2) is 194 Å². The van der Waals surface area contributed by atoms with E-state index in [1.165, 1.54) is 109 Å². The standard InChI is InChI=1S/C59H43N/c1-59(2)56-36-43(55-35-44-34-54(40-16-4-3-5-17-40)48-20-10-12-22-52(48)58(44)53-23-13-11-21-49(53)55)26-30-50(56)51-31-29-47(37-57(51)59)60(45-27-24-38-14-6-8-18-41(38)32-45)46-28-25-39-15-7-9-19-42(39)33-46/h3-27,29-37,46H,28H2,1-2H3. The number of anilines is 2. The van der Waals surface area contributed by atoms with Crippen LogP contribution >= 0.6 is 0 Å². The Morgan fingerprint density at radius 2 is 0.983 bits per heavy atom. The van der Waals surface area contributed by atoms with Gasteiger partial charge in [0, 0.05) is 16.8 Å². The average molecular weight is 766 g/mol. The molecule has 0 fully saturated rings. The van der Waals surface area contributed by atoms with Crippen molar-refractivity contribution in [2.24, 2.45) is 0 Å². The molecule has 0 saturated heterocycles. The Kier molecular flexibility index (Phi) is 7.78. The summed E-state index contributed by atoms with van der Waals surface area (Å²) in [6, 6.07) is 72.6. The Labute approximate surface area is 350 Å². The first-order chi connectivity index (χ1) is 29.5. The first-order valence-electron chi connectivity index (χ1n) is 21.3. The minimum atomic E-state index is -0.204. The van der Waals surface area contributed by atoms with E-state index in [9.17, 15) is 0 Å². The molecule has 1 nitrogen and oxygen atoms in total. The molecule has 0 spiro atoms. The van der Waals surface area contributed by atoms with Gasteiger partial charge in [-0.2, -0.15) is 0 Å². The molecule has 0 N–H and O–H groups in total. The smallest absolute Gasteiger partial charge is 0.0566 e. The Bertz CT molecular complexity index is 3500. The van der Waals surface area contributed by atoms with Crippen molar-refractivity contribution in [2.45, 2.75) is 31.7 Å². The predicted molar refractivity (Wildman–Crippen MR) is 257 cm³/mol. The highest BCUT2D eigenvalue weighted by Crippen LogP contribution is 2.52. The Balaban J connectivity index is 1.00. The summed E-state index contributed by atoms with van der Waals surface area (Å²) >= 11 is 0. The quantitative estimate of drug-likeness (QED) is 0.158. The molecule has 10 aromatic rings. The fraction of sp³-hybridized carbons (Fsp3) is 0.0847. The van der Waals surface area contributed by atoms with E-state index in [2.05, 4.69) is 225 Å². The molecule has 0 amide bonds. The van der Waals surface area contributed by atoms with E-state index in [1.807, 2.05) is 0 Å². The molecule has 1 unspecified atom stereocenters. The lowest BCUT2D eigenvalue weighted by Gasteiger charge is -2.34. The van der Waals surface area contributed by atoms with E-state index in [-0.39, 0.29) is 11.5 Å². The summed E-state index contributed by atoms with van der Waals surface area (Å²) in [7, 11) is 0. The SMILES string of the molecule is CC1(C)c2cc(-c3cc4cc(-c5ccccc5)c5ccccc5c4c4ccccc34)ccc2-c2ccc(N(c3ccc4ccccc4c3)C3C=c4ccccc4=CC3)cc21. The van der Waals surface area contributed by atoms with Crippen LogP contribution in [-0.2, 0) is 5.41 Å². The summed E-state index contributed by atoms with van der Waals surface area (Å²) in [4.78, 5) is 2.57. The number of benzene rings is 10. The van der Waals surface area contributed by atoms with Crippen molar-refractivity contribution in [3.8, 4) is 33.4 Å². The molecule has 2 aliphatic carbocycles. The Hall–Kier alpha value is -7.22. The maximum atomic E-state index is 2.57. The van der Waals surface area contributed by atoms with Gasteiger partial charge in [0.25, 0.3) is 0 Å². The van der Waals surface area contributed by atoms with E-state index < -0.39 is 0 Å². The largest absolute Gasteiger partial charge is 0.334 e. The van der Waals surface area contributed by atoms with Gasteiger partial charge in [-0.05, 0) is 147 Å². The summed E-state index contributed by atoms with van der Waals surface area (Å²) in [6.45, 7) is 4.83. The molecule has 0 radical (unpaired) electrons. The lowest BCUT2D eigenvalue weighted by molar-refractivity contribution is 0.660. The number of hydrogen-bond acceptors (Lipinski definition) is 1. The summed E-state index contributed by atoms with van der Waals surface area (Å²) in [6.07, 6.45) is 5.81. The Morgan fingerprint density at radius 3 is 1.73 bits per heavy atom. The van der Waals surface area contributed by atoms with Crippen LogP contribution in [0.1, 0.15) is 31.4 Å². The van der Waals surface area contributed by atoms with Crippen LogP contribution in [0.4, 0.5) is 11.4 Å². The van der Waals surface area contributed by atoms with Crippen LogP contribution in [0.2, 0.25) is 0 Å². The summed E-state index contributed by atoms with van der Waals surface area (Å²) in [5, 5.41) is 12.9. The van der Waals surface area contributed by atoms with Crippen molar-refractivity contribution >= 4 is 66.6 Å². The number of rotatable bonds is 5. The highest BCUT2D eigenvalue weighted by atomic mass is 15.2. The zero-order chi connectivity index (χ0) is 40.0. The zero-order valence-electron chi connectivity index (χ0n) is 33.9. The normalized spacial score (nSPS) is 15.0. The fourth-order valence-corrected chi connectivity index (χ4v) is 10.5. The molecule has 284 valence electrons. The van der Waals surface area contributed by atoms with Gasteiger partial charge in [0.1, 0.15) is 0 Å². The van der Waals surface area contributed by atoms with Gasteiger partial charge in [-0.15, -0.1) is 0 Å². The van der Waals surface area contributed by atoms with Crippen LogP contribution in [0.3, 0.4) is 0 Å². The van der Waals surface area contributed by atoms with Gasteiger partial charge in [0.15, 0.2) is 0 Å². The number of hydrogen-bond donors (Lipinski definition) is 0. The molecule has 1 atom stereocenters. The van der Waals surface area contributed by atoms with Crippen molar-refractivity contribution in [1.82, 2.24) is 0 Å². The number of fused-ring (bicyclic) bond motifs is 10. The van der Waals surface area contributed by atoms with E-state index >= 15 is 0 Å². The highest BCUT2D eigenvalue weighted by Gasteiger charge is 2.37. The van der Waals surface area contributed by atoms with Gasteiger partial charge in [0.2, 0.25) is 0 Å². The average Bonchev–Trinajstić information content (AvgIpc) is 3.53. The number of nitrogens with zero attached hydrogens (tertiary/aromatic N) is 1. The Morgan fingerprint density at radius 1 is 0.417 bits per heavy atom. The third-order valence-corrected chi connectivity index (χ3v) is 13.5. The molecular formula is C59H43N. The summed E-state index contributed by atoms with van der Waals surface area (Å²) < 4.78 is 0. The minimum absolute atomic E-state index is 0.179. The molecule has 0 aromatic heterocycles. The molecule has 2 aliphatic rings. The van der Waals surface area contributed by atoms with Gasteiger partial charge in [0.05, 0.1) is 6.04 Å². The van der Waals surface area contributed by atoms with Gasteiger partial charge in [-0.1, -0.05) is 178 Å². The van der Waals surface area contributed by atoms with Gasteiger partial charge in [-0.25, -0.2) is 0 Å². The first-order valence-corrected chi connectivity index (χ1v) is 21.3.